The number of nitrogens with zero attached hydrogens (tertiary/aromatic N) is 1. The van der Waals surface area contributed by atoms with Crippen molar-refractivity contribution in [3.63, 3.8) is 0 Å². The smallest absolute Gasteiger partial charge is 0.255 e. The average Bonchev–Trinajstić information content (AvgIpc) is 2.35. The second-order valence-electron chi connectivity index (χ2n) is 4.61. The van der Waals surface area contributed by atoms with Crippen molar-refractivity contribution in [3.05, 3.63) is 33.3 Å². The summed E-state index contributed by atoms with van der Waals surface area (Å²) in [6.45, 7) is 5.68. The van der Waals surface area contributed by atoms with Crippen molar-refractivity contribution in [1.82, 2.24) is 10.2 Å². The van der Waals surface area contributed by atoms with Gasteiger partial charge in [-0.3, -0.25) is 4.79 Å². The molecule has 2 atom stereocenters. The van der Waals surface area contributed by atoms with Gasteiger partial charge in [0.15, 0.2) is 0 Å². The molecule has 1 aliphatic heterocycles. The third kappa shape index (κ3) is 3.63. The van der Waals surface area contributed by atoms with Crippen LogP contribution in [0.3, 0.4) is 0 Å². The van der Waals surface area contributed by atoms with Gasteiger partial charge in [-0.05, 0) is 32.0 Å². The quantitative estimate of drug-likeness (QED) is 0.825. The topological polar surface area (TPSA) is 32.3 Å². The van der Waals surface area contributed by atoms with Crippen molar-refractivity contribution in [2.75, 3.05) is 13.1 Å². The molecule has 0 aliphatic carbocycles. The molecule has 0 spiro atoms. The van der Waals surface area contributed by atoms with Gasteiger partial charge in [-0.25, -0.2) is 0 Å². The van der Waals surface area contributed by atoms with Gasteiger partial charge in [-0.1, -0.05) is 27.5 Å². The lowest BCUT2D eigenvalue weighted by atomic mass is 10.1. The number of carbonyl (C=O) groups excluding carboxylic acids is 1. The first-order chi connectivity index (χ1) is 8.50. The minimum atomic E-state index is 0. The average molecular weight is 368 g/mol. The highest BCUT2D eigenvalue weighted by molar-refractivity contribution is 9.10. The summed E-state index contributed by atoms with van der Waals surface area (Å²) in [6.07, 6.45) is 0. The van der Waals surface area contributed by atoms with Gasteiger partial charge in [-0.15, -0.1) is 12.4 Å². The van der Waals surface area contributed by atoms with Crippen LogP contribution < -0.4 is 5.32 Å². The number of hydrogen-bond donors (Lipinski definition) is 1. The van der Waals surface area contributed by atoms with E-state index < -0.39 is 0 Å². The minimum Gasteiger partial charge on any atom is -0.333 e. The predicted octanol–water partition coefficient (Wildman–Crippen LogP) is 3.35. The van der Waals surface area contributed by atoms with E-state index in [0.29, 0.717) is 23.2 Å². The lowest BCUT2D eigenvalue weighted by molar-refractivity contribution is 0.0603. The largest absolute Gasteiger partial charge is 0.333 e. The van der Waals surface area contributed by atoms with E-state index in [1.165, 1.54) is 0 Å². The lowest BCUT2D eigenvalue weighted by Gasteiger charge is -2.38. The Bertz CT molecular complexity index is 470. The van der Waals surface area contributed by atoms with Crippen molar-refractivity contribution < 1.29 is 4.79 Å². The van der Waals surface area contributed by atoms with Crippen LogP contribution in [0.1, 0.15) is 24.2 Å². The number of benzene rings is 1. The van der Waals surface area contributed by atoms with E-state index in [1.54, 1.807) is 12.1 Å². The van der Waals surface area contributed by atoms with Crippen molar-refractivity contribution >= 4 is 45.8 Å². The van der Waals surface area contributed by atoms with Crippen molar-refractivity contribution in [2.24, 2.45) is 0 Å². The van der Waals surface area contributed by atoms with Crippen LogP contribution in [0.4, 0.5) is 0 Å². The van der Waals surface area contributed by atoms with Crippen LogP contribution >= 0.6 is 39.9 Å². The van der Waals surface area contributed by atoms with E-state index in [-0.39, 0.29) is 24.4 Å². The van der Waals surface area contributed by atoms with Crippen LogP contribution in [-0.2, 0) is 0 Å². The van der Waals surface area contributed by atoms with Crippen LogP contribution in [0, 0.1) is 0 Å². The van der Waals surface area contributed by atoms with E-state index in [2.05, 4.69) is 35.1 Å². The molecule has 1 fully saturated rings. The van der Waals surface area contributed by atoms with Crippen LogP contribution in [0.2, 0.25) is 5.02 Å². The normalized spacial score (nSPS) is 22.8. The van der Waals surface area contributed by atoms with Crippen LogP contribution in [-0.4, -0.2) is 36.0 Å². The molecule has 2 rings (SSSR count). The van der Waals surface area contributed by atoms with Crippen LogP contribution in [0.15, 0.2) is 22.7 Å². The molecule has 1 saturated heterocycles. The van der Waals surface area contributed by atoms with Crippen molar-refractivity contribution in [2.45, 2.75) is 25.9 Å². The van der Waals surface area contributed by atoms with Gasteiger partial charge in [0, 0.05) is 29.6 Å². The molecule has 1 amide bonds. The Balaban J connectivity index is 0.00000180. The van der Waals surface area contributed by atoms with Gasteiger partial charge in [0.2, 0.25) is 0 Å². The molecule has 1 aliphatic rings. The second-order valence-corrected chi connectivity index (χ2v) is 5.93. The van der Waals surface area contributed by atoms with Crippen LogP contribution in [0.5, 0.6) is 0 Å². The molecular weight excluding hydrogens is 351 g/mol. The third-order valence-corrected chi connectivity index (χ3v) is 4.28. The van der Waals surface area contributed by atoms with E-state index in [0.717, 1.165) is 11.0 Å². The fourth-order valence-corrected chi connectivity index (χ4v) is 2.72. The molecule has 0 bridgehead atoms. The zero-order chi connectivity index (χ0) is 13.3. The lowest BCUT2D eigenvalue weighted by Crippen LogP contribution is -2.57. The molecule has 1 aromatic carbocycles. The Labute approximate surface area is 133 Å². The molecule has 2 unspecified atom stereocenters. The van der Waals surface area contributed by atoms with E-state index in [1.807, 2.05) is 11.0 Å². The summed E-state index contributed by atoms with van der Waals surface area (Å²) in [7, 11) is 0. The Hall–Kier alpha value is -0.290. The SMILES string of the molecule is CC1NCCN(C(=O)c2cc(Br)ccc2Cl)C1C.Cl. The van der Waals surface area contributed by atoms with Crippen LogP contribution in [0.25, 0.3) is 0 Å². The Morgan fingerprint density at radius 2 is 2.16 bits per heavy atom. The van der Waals surface area contributed by atoms with E-state index >= 15 is 0 Å². The Morgan fingerprint density at radius 1 is 1.47 bits per heavy atom. The molecule has 3 nitrogen and oxygen atoms in total. The van der Waals surface area contributed by atoms with Gasteiger partial charge in [0.25, 0.3) is 5.91 Å². The number of halogens is 3. The van der Waals surface area contributed by atoms with Crippen molar-refractivity contribution in [3.8, 4) is 0 Å². The minimum absolute atomic E-state index is 0. The van der Waals surface area contributed by atoms with Gasteiger partial charge in [0.1, 0.15) is 0 Å². The molecule has 1 aromatic rings. The molecule has 19 heavy (non-hydrogen) atoms. The fourth-order valence-electron chi connectivity index (χ4n) is 2.16. The molecular formula is C13H17BrCl2N2O. The first-order valence-electron chi connectivity index (χ1n) is 6.00. The maximum Gasteiger partial charge on any atom is 0.255 e. The highest BCUT2D eigenvalue weighted by Crippen LogP contribution is 2.24. The summed E-state index contributed by atoms with van der Waals surface area (Å²) in [5, 5.41) is 3.86. The van der Waals surface area contributed by atoms with E-state index in [9.17, 15) is 4.79 Å². The van der Waals surface area contributed by atoms with Gasteiger partial charge >= 0.3 is 0 Å². The zero-order valence-electron chi connectivity index (χ0n) is 10.8. The summed E-state index contributed by atoms with van der Waals surface area (Å²) in [6, 6.07) is 5.83. The van der Waals surface area contributed by atoms with Crippen molar-refractivity contribution in [1.29, 1.82) is 0 Å². The van der Waals surface area contributed by atoms with Gasteiger partial charge in [-0.2, -0.15) is 0 Å². The number of nitrogens with one attached hydrogen (secondary N) is 1. The predicted molar refractivity (Wildman–Crippen MR) is 84.4 cm³/mol. The number of amides is 1. The molecule has 0 aromatic heterocycles. The first kappa shape index (κ1) is 16.8. The maximum atomic E-state index is 12.5. The molecule has 0 radical (unpaired) electrons. The summed E-state index contributed by atoms with van der Waals surface area (Å²) in [5.74, 6) is 0.00199. The summed E-state index contributed by atoms with van der Waals surface area (Å²) in [5.41, 5.74) is 0.562. The Morgan fingerprint density at radius 3 is 2.84 bits per heavy atom. The number of carbonyl (C=O) groups is 1. The highest BCUT2D eigenvalue weighted by atomic mass is 79.9. The zero-order valence-corrected chi connectivity index (χ0v) is 14.0. The standard InChI is InChI=1S/C13H16BrClN2O.ClH/c1-8-9(2)17(6-5-16-8)13(18)11-7-10(14)3-4-12(11)15;/h3-4,7-9,16H,5-6H2,1-2H3;1H. The maximum absolute atomic E-state index is 12.5. The highest BCUT2D eigenvalue weighted by Gasteiger charge is 2.29. The van der Waals surface area contributed by atoms with Gasteiger partial charge in [0.05, 0.1) is 10.6 Å². The summed E-state index contributed by atoms with van der Waals surface area (Å²) >= 11 is 9.48. The second kappa shape index (κ2) is 6.93. The molecule has 6 heteroatoms. The fraction of sp³-hybridized carbons (Fsp3) is 0.462. The monoisotopic (exact) mass is 366 g/mol. The number of piperazine rings is 1. The third-order valence-electron chi connectivity index (χ3n) is 3.45. The molecule has 1 heterocycles. The molecule has 1 N–H and O–H groups in total. The Kier molecular flexibility index (Phi) is 6.12. The summed E-state index contributed by atoms with van der Waals surface area (Å²) < 4.78 is 0.867. The molecule has 0 saturated carbocycles. The number of hydrogen-bond acceptors (Lipinski definition) is 2. The molecule has 106 valence electrons. The van der Waals surface area contributed by atoms with Gasteiger partial charge < -0.3 is 10.2 Å². The number of rotatable bonds is 1. The van der Waals surface area contributed by atoms with E-state index in [4.69, 9.17) is 11.6 Å². The first-order valence-corrected chi connectivity index (χ1v) is 7.17. The summed E-state index contributed by atoms with van der Waals surface area (Å²) in [4.78, 5) is 14.4.